The summed E-state index contributed by atoms with van der Waals surface area (Å²) in [5, 5.41) is 6.78. The molecule has 0 saturated heterocycles. The van der Waals surface area contributed by atoms with Crippen LogP contribution in [-0.2, 0) is 17.3 Å². The summed E-state index contributed by atoms with van der Waals surface area (Å²) in [5.41, 5.74) is 0.654. The van der Waals surface area contributed by atoms with Crippen LogP contribution in [0.1, 0.15) is 33.0 Å². The van der Waals surface area contributed by atoms with Gasteiger partial charge in [-0.15, -0.1) is 0 Å². The Kier molecular flexibility index (Phi) is 4.48. The third-order valence-corrected chi connectivity index (χ3v) is 3.17. The lowest BCUT2D eigenvalue weighted by molar-refractivity contribution is -0.138. The minimum absolute atomic E-state index is 0.0477. The van der Waals surface area contributed by atoms with E-state index in [1.165, 1.54) is 0 Å². The molecular formula is C14H14F3N3O2. The number of alkyl halides is 3. The van der Waals surface area contributed by atoms with Gasteiger partial charge in [0.1, 0.15) is 0 Å². The first-order valence-corrected chi connectivity index (χ1v) is 6.50. The van der Waals surface area contributed by atoms with Crippen LogP contribution in [0.5, 0.6) is 0 Å². The lowest BCUT2D eigenvalue weighted by Crippen LogP contribution is -2.17. The van der Waals surface area contributed by atoms with E-state index in [9.17, 15) is 18.0 Å². The maximum atomic E-state index is 12.8. The van der Waals surface area contributed by atoms with Crippen molar-refractivity contribution in [2.45, 2.75) is 26.4 Å². The molecule has 1 N–H and O–H groups in total. The number of aromatic amines is 1. The van der Waals surface area contributed by atoms with Gasteiger partial charge in [-0.3, -0.25) is 5.10 Å². The molecule has 0 aliphatic heterocycles. The number of pyridine rings is 1. The molecular weight excluding hydrogens is 299 g/mol. The monoisotopic (exact) mass is 313 g/mol. The second-order valence-corrected chi connectivity index (χ2v) is 4.70. The molecule has 2 rings (SSSR count). The summed E-state index contributed by atoms with van der Waals surface area (Å²) in [6, 6.07) is 1.92. The van der Waals surface area contributed by atoms with Crippen molar-refractivity contribution in [2.75, 3.05) is 6.61 Å². The first-order chi connectivity index (χ1) is 10.3. The van der Waals surface area contributed by atoms with E-state index in [1.54, 1.807) is 6.92 Å². The molecule has 2 aromatic rings. The molecule has 0 radical (unpaired) electrons. The van der Waals surface area contributed by atoms with Crippen molar-refractivity contribution in [2.24, 2.45) is 0 Å². The van der Waals surface area contributed by atoms with Gasteiger partial charge in [0, 0.05) is 18.3 Å². The highest BCUT2D eigenvalue weighted by Gasteiger charge is 2.36. The van der Waals surface area contributed by atoms with E-state index in [0.717, 1.165) is 35.3 Å². The maximum Gasteiger partial charge on any atom is 0.418 e. The quantitative estimate of drug-likeness (QED) is 0.881. The zero-order valence-electron chi connectivity index (χ0n) is 12.0. The predicted octanol–water partition coefficient (Wildman–Crippen LogP) is 2.84. The molecule has 0 aliphatic rings. The van der Waals surface area contributed by atoms with Crippen molar-refractivity contribution in [3.63, 3.8) is 0 Å². The van der Waals surface area contributed by atoms with Gasteiger partial charge in [-0.05, 0) is 31.5 Å². The summed E-state index contributed by atoms with van der Waals surface area (Å²) in [7, 11) is 0. The van der Waals surface area contributed by atoms with Crippen LogP contribution in [0, 0.1) is 13.8 Å². The van der Waals surface area contributed by atoms with E-state index in [-0.39, 0.29) is 6.61 Å². The SMILES string of the molecule is Cc1n[nH]c(C)c1CCOC(=O)c1ncccc1C(F)(F)F. The fourth-order valence-corrected chi connectivity index (χ4v) is 2.05. The Balaban J connectivity index is 2.05. The molecule has 8 heteroatoms. The van der Waals surface area contributed by atoms with E-state index in [4.69, 9.17) is 4.74 Å². The fourth-order valence-electron chi connectivity index (χ4n) is 2.05. The molecule has 0 aromatic carbocycles. The molecule has 0 saturated carbocycles. The molecule has 0 bridgehead atoms. The lowest BCUT2D eigenvalue weighted by Gasteiger charge is -2.11. The minimum Gasteiger partial charge on any atom is -0.461 e. The summed E-state index contributed by atoms with van der Waals surface area (Å²) in [5.74, 6) is -1.09. The van der Waals surface area contributed by atoms with Gasteiger partial charge in [0.15, 0.2) is 5.69 Å². The zero-order valence-corrected chi connectivity index (χ0v) is 12.0. The number of carbonyl (C=O) groups excluding carboxylic acids is 1. The van der Waals surface area contributed by atoms with Crippen molar-refractivity contribution in [3.05, 3.63) is 46.5 Å². The van der Waals surface area contributed by atoms with Gasteiger partial charge in [-0.1, -0.05) is 0 Å². The predicted molar refractivity (Wildman–Crippen MR) is 71.3 cm³/mol. The number of aryl methyl sites for hydroxylation is 2. The number of hydrogen-bond acceptors (Lipinski definition) is 4. The Labute approximate surface area is 124 Å². The van der Waals surface area contributed by atoms with E-state index in [1.807, 2.05) is 6.92 Å². The number of ether oxygens (including phenoxy) is 1. The molecule has 2 aromatic heterocycles. The largest absolute Gasteiger partial charge is 0.461 e. The lowest BCUT2D eigenvalue weighted by atomic mass is 10.1. The van der Waals surface area contributed by atoms with Gasteiger partial charge in [0.25, 0.3) is 0 Å². The van der Waals surface area contributed by atoms with Gasteiger partial charge in [-0.25, -0.2) is 9.78 Å². The summed E-state index contributed by atoms with van der Waals surface area (Å²) < 4.78 is 43.3. The van der Waals surface area contributed by atoms with Crippen LogP contribution in [0.3, 0.4) is 0 Å². The first kappa shape index (κ1) is 16.0. The van der Waals surface area contributed by atoms with Crippen molar-refractivity contribution in [1.82, 2.24) is 15.2 Å². The third-order valence-electron chi connectivity index (χ3n) is 3.17. The number of halogens is 3. The Bertz CT molecular complexity index is 661. The third kappa shape index (κ3) is 3.44. The van der Waals surface area contributed by atoms with Crippen molar-refractivity contribution in [1.29, 1.82) is 0 Å². The summed E-state index contributed by atoms with van der Waals surface area (Å²) >= 11 is 0. The average molecular weight is 313 g/mol. The molecule has 5 nitrogen and oxygen atoms in total. The fraction of sp³-hybridized carbons (Fsp3) is 0.357. The van der Waals surface area contributed by atoms with Crippen LogP contribution < -0.4 is 0 Å². The Morgan fingerprint density at radius 3 is 2.68 bits per heavy atom. The molecule has 2 heterocycles. The van der Waals surface area contributed by atoms with E-state index >= 15 is 0 Å². The standard InChI is InChI=1S/C14H14F3N3O2/c1-8-10(9(2)20-19-8)5-7-22-13(21)12-11(14(15,16)17)4-3-6-18-12/h3-4,6H,5,7H2,1-2H3,(H,19,20). The molecule has 118 valence electrons. The van der Waals surface area contributed by atoms with Gasteiger partial charge in [0.2, 0.25) is 0 Å². The Morgan fingerprint density at radius 2 is 2.09 bits per heavy atom. The summed E-state index contributed by atoms with van der Waals surface area (Å²) in [6.45, 7) is 3.56. The average Bonchev–Trinajstić information content (AvgIpc) is 2.78. The van der Waals surface area contributed by atoms with E-state index in [0.29, 0.717) is 6.42 Å². The normalized spacial score (nSPS) is 11.5. The molecule has 0 fully saturated rings. The Morgan fingerprint density at radius 1 is 1.36 bits per heavy atom. The van der Waals surface area contributed by atoms with Crippen molar-refractivity contribution >= 4 is 5.97 Å². The Hall–Kier alpha value is -2.38. The smallest absolute Gasteiger partial charge is 0.418 e. The first-order valence-electron chi connectivity index (χ1n) is 6.50. The zero-order chi connectivity index (χ0) is 16.3. The minimum atomic E-state index is -4.65. The number of hydrogen-bond donors (Lipinski definition) is 1. The van der Waals surface area contributed by atoms with Crippen LogP contribution in [-0.4, -0.2) is 27.8 Å². The molecule has 0 amide bonds. The number of nitrogens with zero attached hydrogens (tertiary/aromatic N) is 2. The van der Waals surface area contributed by atoms with Gasteiger partial charge in [-0.2, -0.15) is 18.3 Å². The molecule has 0 spiro atoms. The van der Waals surface area contributed by atoms with Gasteiger partial charge < -0.3 is 4.74 Å². The molecule has 0 unspecified atom stereocenters. The highest BCUT2D eigenvalue weighted by atomic mass is 19.4. The van der Waals surface area contributed by atoms with Crippen molar-refractivity contribution < 1.29 is 22.7 Å². The number of carbonyl (C=O) groups is 1. The van der Waals surface area contributed by atoms with Crippen LogP contribution in [0.4, 0.5) is 13.2 Å². The highest BCUT2D eigenvalue weighted by Crippen LogP contribution is 2.31. The van der Waals surface area contributed by atoms with E-state index in [2.05, 4.69) is 15.2 Å². The van der Waals surface area contributed by atoms with Crippen LogP contribution in [0.2, 0.25) is 0 Å². The molecule has 0 atom stereocenters. The molecule has 0 aliphatic carbocycles. The van der Waals surface area contributed by atoms with Crippen LogP contribution in [0.25, 0.3) is 0 Å². The van der Waals surface area contributed by atoms with E-state index < -0.39 is 23.4 Å². The van der Waals surface area contributed by atoms with Gasteiger partial charge >= 0.3 is 12.1 Å². The van der Waals surface area contributed by atoms with Crippen LogP contribution >= 0.6 is 0 Å². The number of nitrogens with one attached hydrogen (secondary N) is 1. The highest BCUT2D eigenvalue weighted by molar-refractivity contribution is 5.89. The number of rotatable bonds is 4. The summed E-state index contributed by atoms with van der Waals surface area (Å²) in [4.78, 5) is 15.3. The number of esters is 1. The topological polar surface area (TPSA) is 67.9 Å². The molecule has 22 heavy (non-hydrogen) atoms. The maximum absolute atomic E-state index is 12.8. The van der Waals surface area contributed by atoms with Crippen LogP contribution in [0.15, 0.2) is 18.3 Å². The van der Waals surface area contributed by atoms with Crippen molar-refractivity contribution in [3.8, 4) is 0 Å². The van der Waals surface area contributed by atoms with Gasteiger partial charge in [0.05, 0.1) is 17.9 Å². The summed E-state index contributed by atoms with van der Waals surface area (Å²) in [6.07, 6.45) is -3.16. The number of aromatic nitrogens is 3. The second-order valence-electron chi connectivity index (χ2n) is 4.70. The number of H-pyrrole nitrogens is 1. The second kappa shape index (κ2) is 6.17.